The van der Waals surface area contributed by atoms with Crippen LogP contribution in [0.25, 0.3) is 0 Å². The molecule has 1 aromatic carbocycles. The molecular weight excluding hydrogens is 242 g/mol. The highest BCUT2D eigenvalue weighted by molar-refractivity contribution is 7.98. The van der Waals surface area contributed by atoms with E-state index in [-0.39, 0.29) is 5.54 Å². The summed E-state index contributed by atoms with van der Waals surface area (Å²) in [4.78, 5) is 3.72. The maximum Gasteiger partial charge on any atom is 0.0452 e. The number of benzene rings is 1. The number of anilines is 1. The molecule has 0 aliphatic carbocycles. The first-order valence-electron chi connectivity index (χ1n) is 6.45. The molecule has 1 aliphatic rings. The molecule has 0 atom stereocenters. The molecule has 2 rings (SSSR count). The normalized spacial score (nSPS) is 17.9. The first-order valence-corrected chi connectivity index (χ1v) is 7.68. The fourth-order valence-electron chi connectivity index (χ4n) is 2.50. The van der Waals surface area contributed by atoms with Gasteiger partial charge in [0.2, 0.25) is 0 Å². The second kappa shape index (κ2) is 5.51. The molecule has 0 unspecified atom stereocenters. The van der Waals surface area contributed by atoms with Crippen LogP contribution in [-0.4, -0.2) is 37.3 Å². The van der Waals surface area contributed by atoms with Gasteiger partial charge in [0.25, 0.3) is 0 Å². The Labute approximate surface area is 114 Å². The van der Waals surface area contributed by atoms with Crippen LogP contribution in [0.3, 0.4) is 0 Å². The molecule has 100 valence electrons. The summed E-state index contributed by atoms with van der Waals surface area (Å²) in [5.74, 6) is 0. The Hall–Kier alpha value is -0.710. The van der Waals surface area contributed by atoms with Crippen LogP contribution >= 0.6 is 11.8 Å². The summed E-state index contributed by atoms with van der Waals surface area (Å²) in [7, 11) is 0. The first kappa shape index (κ1) is 13.7. The summed E-state index contributed by atoms with van der Waals surface area (Å²) >= 11 is 1.72. The Kier molecular flexibility index (Phi) is 4.20. The quantitative estimate of drug-likeness (QED) is 0.649. The first-order chi connectivity index (χ1) is 8.55. The summed E-state index contributed by atoms with van der Waals surface area (Å²) in [6.07, 6.45) is 2.08. The highest BCUT2D eigenvalue weighted by atomic mass is 32.2. The van der Waals surface area contributed by atoms with Gasteiger partial charge in [-0.25, -0.2) is 0 Å². The summed E-state index contributed by atoms with van der Waals surface area (Å²) in [6, 6.07) is 6.43. The van der Waals surface area contributed by atoms with Crippen molar-refractivity contribution in [1.29, 1.82) is 0 Å². The minimum absolute atomic E-state index is 0.0697. The van der Waals surface area contributed by atoms with E-state index in [9.17, 15) is 0 Å². The molecule has 0 bridgehead atoms. The van der Waals surface area contributed by atoms with E-state index in [1.165, 1.54) is 10.5 Å². The van der Waals surface area contributed by atoms with Crippen molar-refractivity contribution >= 4 is 17.4 Å². The predicted molar refractivity (Wildman–Crippen MR) is 80.1 cm³/mol. The molecule has 0 amide bonds. The van der Waals surface area contributed by atoms with Gasteiger partial charge in [-0.3, -0.25) is 4.90 Å². The van der Waals surface area contributed by atoms with E-state index in [0.717, 1.165) is 31.9 Å². The summed E-state index contributed by atoms with van der Waals surface area (Å²) in [6.45, 7) is 8.96. The third-order valence-electron chi connectivity index (χ3n) is 3.85. The van der Waals surface area contributed by atoms with E-state index in [0.29, 0.717) is 0 Å². The van der Waals surface area contributed by atoms with E-state index in [1.807, 2.05) is 6.07 Å². The van der Waals surface area contributed by atoms with Crippen LogP contribution in [0.2, 0.25) is 0 Å². The molecule has 1 aromatic rings. The van der Waals surface area contributed by atoms with Crippen molar-refractivity contribution in [1.82, 2.24) is 10.2 Å². The molecule has 0 aromatic heterocycles. The molecule has 3 N–H and O–H groups in total. The molecule has 18 heavy (non-hydrogen) atoms. The van der Waals surface area contributed by atoms with E-state index in [2.05, 4.69) is 42.5 Å². The Morgan fingerprint density at radius 1 is 1.28 bits per heavy atom. The zero-order valence-corrected chi connectivity index (χ0v) is 12.3. The number of thioether (sulfide) groups is 1. The monoisotopic (exact) mass is 265 g/mol. The Morgan fingerprint density at radius 3 is 2.56 bits per heavy atom. The van der Waals surface area contributed by atoms with Gasteiger partial charge in [-0.15, -0.1) is 11.8 Å². The van der Waals surface area contributed by atoms with Gasteiger partial charge in [0.15, 0.2) is 0 Å². The minimum Gasteiger partial charge on any atom is -0.398 e. The molecule has 3 nitrogen and oxygen atoms in total. The van der Waals surface area contributed by atoms with Gasteiger partial charge < -0.3 is 11.1 Å². The van der Waals surface area contributed by atoms with E-state index in [1.54, 1.807) is 11.8 Å². The highest BCUT2D eigenvalue weighted by Crippen LogP contribution is 2.32. The number of nitrogens with one attached hydrogen (secondary N) is 1. The second-order valence-corrected chi connectivity index (χ2v) is 6.10. The van der Waals surface area contributed by atoms with Crippen LogP contribution in [-0.2, 0) is 5.54 Å². The third kappa shape index (κ3) is 2.66. The van der Waals surface area contributed by atoms with Crippen molar-refractivity contribution in [3.8, 4) is 0 Å². The summed E-state index contributed by atoms with van der Waals surface area (Å²) in [5, 5.41) is 3.40. The Balaban J connectivity index is 2.27. The SMILES string of the molecule is CSc1cc(C(C)(C)N2CCNCC2)ccc1N. The molecule has 1 aliphatic heterocycles. The fraction of sp³-hybridized carbons (Fsp3) is 0.571. The number of nitrogens with two attached hydrogens (primary N) is 1. The number of nitrogens with zero attached hydrogens (tertiary/aromatic N) is 1. The molecular formula is C14H23N3S. The molecule has 1 saturated heterocycles. The van der Waals surface area contributed by atoms with Crippen molar-refractivity contribution < 1.29 is 0 Å². The highest BCUT2D eigenvalue weighted by Gasteiger charge is 2.29. The standard InChI is InChI=1S/C14H23N3S/c1-14(2,17-8-6-16-7-9-17)11-4-5-12(15)13(10-11)18-3/h4-5,10,16H,6-9,15H2,1-3H3. The Morgan fingerprint density at radius 2 is 1.94 bits per heavy atom. The smallest absolute Gasteiger partial charge is 0.0452 e. The van der Waals surface area contributed by atoms with Gasteiger partial charge in [0.1, 0.15) is 0 Å². The van der Waals surface area contributed by atoms with Crippen molar-refractivity contribution in [2.75, 3.05) is 38.2 Å². The maximum absolute atomic E-state index is 5.98. The van der Waals surface area contributed by atoms with Crippen LogP contribution in [0, 0.1) is 0 Å². The summed E-state index contributed by atoms with van der Waals surface area (Å²) in [5.41, 5.74) is 8.27. The average Bonchev–Trinajstić information content (AvgIpc) is 2.40. The van der Waals surface area contributed by atoms with Crippen LogP contribution in [0.4, 0.5) is 5.69 Å². The van der Waals surface area contributed by atoms with Gasteiger partial charge in [0.05, 0.1) is 0 Å². The number of rotatable bonds is 3. The number of nitrogen functional groups attached to an aromatic ring is 1. The van der Waals surface area contributed by atoms with Crippen molar-refractivity contribution in [3.05, 3.63) is 23.8 Å². The van der Waals surface area contributed by atoms with Crippen LogP contribution < -0.4 is 11.1 Å². The molecule has 1 heterocycles. The number of hydrogen-bond donors (Lipinski definition) is 2. The topological polar surface area (TPSA) is 41.3 Å². The van der Waals surface area contributed by atoms with Gasteiger partial charge in [0, 0.05) is 42.3 Å². The Bertz CT molecular complexity index is 412. The molecule has 1 fully saturated rings. The lowest BCUT2D eigenvalue weighted by molar-refractivity contribution is 0.102. The largest absolute Gasteiger partial charge is 0.398 e. The van der Waals surface area contributed by atoms with Crippen molar-refractivity contribution in [2.45, 2.75) is 24.3 Å². The van der Waals surface area contributed by atoms with Crippen molar-refractivity contribution in [2.24, 2.45) is 0 Å². The van der Waals surface area contributed by atoms with Crippen LogP contribution in [0.5, 0.6) is 0 Å². The van der Waals surface area contributed by atoms with Gasteiger partial charge in [-0.2, -0.15) is 0 Å². The van der Waals surface area contributed by atoms with Gasteiger partial charge >= 0.3 is 0 Å². The lowest BCUT2D eigenvalue weighted by atomic mass is 9.91. The van der Waals surface area contributed by atoms with Crippen molar-refractivity contribution in [3.63, 3.8) is 0 Å². The van der Waals surface area contributed by atoms with Crippen LogP contribution in [0.15, 0.2) is 23.1 Å². The number of piperazine rings is 1. The molecule has 0 spiro atoms. The van der Waals surface area contributed by atoms with E-state index in [4.69, 9.17) is 5.73 Å². The lowest BCUT2D eigenvalue weighted by Gasteiger charge is -2.41. The maximum atomic E-state index is 5.98. The van der Waals surface area contributed by atoms with E-state index < -0.39 is 0 Å². The zero-order valence-electron chi connectivity index (χ0n) is 11.5. The average molecular weight is 265 g/mol. The fourth-order valence-corrected chi connectivity index (χ4v) is 3.05. The molecule has 0 radical (unpaired) electrons. The van der Waals surface area contributed by atoms with Gasteiger partial charge in [-0.1, -0.05) is 6.07 Å². The minimum atomic E-state index is 0.0697. The molecule has 0 saturated carbocycles. The third-order valence-corrected chi connectivity index (χ3v) is 4.64. The van der Waals surface area contributed by atoms with Gasteiger partial charge in [-0.05, 0) is 37.8 Å². The zero-order chi connectivity index (χ0) is 13.2. The predicted octanol–water partition coefficient (Wildman–Crippen LogP) is 2.13. The number of hydrogen-bond acceptors (Lipinski definition) is 4. The van der Waals surface area contributed by atoms with Crippen LogP contribution in [0.1, 0.15) is 19.4 Å². The summed E-state index contributed by atoms with van der Waals surface area (Å²) < 4.78 is 0. The molecule has 4 heteroatoms. The van der Waals surface area contributed by atoms with E-state index >= 15 is 0 Å². The lowest BCUT2D eigenvalue weighted by Crippen LogP contribution is -2.51. The second-order valence-electron chi connectivity index (χ2n) is 5.25.